The monoisotopic (exact) mass is 388 g/mol. The van der Waals surface area contributed by atoms with Crippen molar-refractivity contribution < 1.29 is 9.72 Å². The predicted octanol–water partition coefficient (Wildman–Crippen LogP) is 5.43. The number of fused-ring (bicyclic) bond motifs is 1. The average Bonchev–Trinajstić information content (AvgIpc) is 3.06. The van der Waals surface area contributed by atoms with Gasteiger partial charge in [0.15, 0.2) is 5.78 Å². The lowest BCUT2D eigenvalue weighted by Gasteiger charge is -2.20. The average molecular weight is 388 g/mol. The third-order valence-electron chi connectivity index (χ3n) is 4.42. The Balaban J connectivity index is 1.68. The highest BCUT2D eigenvalue weighted by Crippen LogP contribution is 2.46. The molecular weight excluding hydrogens is 372 g/mol. The molecule has 0 atom stereocenters. The molecule has 3 aromatic rings. The van der Waals surface area contributed by atoms with Crippen molar-refractivity contribution in [1.29, 1.82) is 0 Å². The van der Waals surface area contributed by atoms with Crippen molar-refractivity contribution in [3.8, 4) is 0 Å². The van der Waals surface area contributed by atoms with Gasteiger partial charge in [0.1, 0.15) is 0 Å². The molecule has 0 saturated carbocycles. The fourth-order valence-electron chi connectivity index (χ4n) is 3.06. The van der Waals surface area contributed by atoms with Gasteiger partial charge < -0.3 is 4.90 Å². The fourth-order valence-corrected chi connectivity index (χ4v) is 4.15. The number of hydrogen-bond donors (Lipinski definition) is 0. The van der Waals surface area contributed by atoms with Crippen molar-refractivity contribution in [3.63, 3.8) is 0 Å². The highest BCUT2D eigenvalue weighted by Gasteiger charge is 2.26. The molecule has 5 nitrogen and oxygen atoms in total. The van der Waals surface area contributed by atoms with Crippen LogP contribution in [0.25, 0.3) is 0 Å². The predicted molar refractivity (Wildman–Crippen MR) is 110 cm³/mol. The largest absolute Gasteiger partial charge is 0.330 e. The standard InChI is InChI=1S/C22H16N2O3S/c25-20(17-9-6-10-18(13-17)24(26)27)14-22-23(15-16-7-2-1-3-8-16)19-11-4-5-12-21(19)28-22/h1-14H,15H2/b22-14+. The normalized spacial score (nSPS) is 14.1. The number of carbonyl (C=O) groups excluding carboxylic acids is 1. The molecule has 6 heteroatoms. The lowest BCUT2D eigenvalue weighted by Crippen LogP contribution is -2.17. The van der Waals surface area contributed by atoms with E-state index in [-0.39, 0.29) is 11.5 Å². The molecule has 3 aromatic carbocycles. The third kappa shape index (κ3) is 3.68. The molecule has 0 spiro atoms. The number of non-ortho nitro benzene ring substituents is 1. The van der Waals surface area contributed by atoms with Gasteiger partial charge in [-0.15, -0.1) is 0 Å². The van der Waals surface area contributed by atoms with Gasteiger partial charge in [-0.3, -0.25) is 14.9 Å². The number of nitro groups is 1. The number of para-hydroxylation sites is 1. The molecule has 0 aliphatic carbocycles. The van der Waals surface area contributed by atoms with Crippen LogP contribution in [-0.2, 0) is 6.54 Å². The molecule has 0 unspecified atom stereocenters. The van der Waals surface area contributed by atoms with Gasteiger partial charge in [-0.2, -0.15) is 0 Å². The summed E-state index contributed by atoms with van der Waals surface area (Å²) in [6.07, 6.45) is 1.56. The molecule has 0 radical (unpaired) electrons. The van der Waals surface area contributed by atoms with E-state index < -0.39 is 4.92 Å². The molecule has 0 saturated heterocycles. The SMILES string of the molecule is O=C(/C=C1/Sc2ccccc2N1Cc1ccccc1)c1cccc([N+](=O)[O-])c1. The second-order valence-electron chi connectivity index (χ2n) is 6.30. The van der Waals surface area contributed by atoms with Crippen molar-refractivity contribution in [2.75, 3.05) is 4.90 Å². The third-order valence-corrected chi connectivity index (χ3v) is 5.53. The van der Waals surface area contributed by atoms with Crippen LogP contribution in [-0.4, -0.2) is 10.7 Å². The first kappa shape index (κ1) is 18.0. The van der Waals surface area contributed by atoms with Crippen LogP contribution in [0.15, 0.2) is 94.9 Å². The van der Waals surface area contributed by atoms with Crippen LogP contribution < -0.4 is 4.90 Å². The number of ketones is 1. The molecule has 0 amide bonds. The second kappa shape index (κ2) is 7.70. The van der Waals surface area contributed by atoms with E-state index in [0.717, 1.165) is 21.2 Å². The van der Waals surface area contributed by atoms with Crippen molar-refractivity contribution in [2.45, 2.75) is 11.4 Å². The molecular formula is C22H16N2O3S. The zero-order valence-corrected chi connectivity index (χ0v) is 15.6. The summed E-state index contributed by atoms with van der Waals surface area (Å²) in [5.74, 6) is -0.253. The molecule has 0 aromatic heterocycles. The van der Waals surface area contributed by atoms with Crippen molar-refractivity contribution in [2.24, 2.45) is 0 Å². The summed E-state index contributed by atoms with van der Waals surface area (Å²) in [5, 5.41) is 11.8. The summed E-state index contributed by atoms with van der Waals surface area (Å²) in [5.41, 5.74) is 2.40. The minimum Gasteiger partial charge on any atom is -0.330 e. The van der Waals surface area contributed by atoms with Crippen molar-refractivity contribution in [3.05, 3.63) is 111 Å². The number of rotatable bonds is 5. The first-order valence-corrected chi connectivity index (χ1v) is 9.52. The first-order valence-electron chi connectivity index (χ1n) is 8.70. The number of hydrogen-bond acceptors (Lipinski definition) is 5. The van der Waals surface area contributed by atoms with E-state index in [0.29, 0.717) is 12.1 Å². The fraction of sp³-hybridized carbons (Fsp3) is 0.0455. The number of benzene rings is 3. The van der Waals surface area contributed by atoms with Crippen molar-refractivity contribution >= 4 is 28.9 Å². The molecule has 4 rings (SSSR count). The number of thioether (sulfide) groups is 1. The quantitative estimate of drug-likeness (QED) is 0.252. The van der Waals surface area contributed by atoms with Crippen LogP contribution in [0.3, 0.4) is 0 Å². The summed E-state index contributed by atoms with van der Waals surface area (Å²) < 4.78 is 0. The number of carbonyl (C=O) groups is 1. The van der Waals surface area contributed by atoms with Crippen LogP contribution in [0.2, 0.25) is 0 Å². The van der Waals surface area contributed by atoms with Crippen LogP contribution in [0, 0.1) is 10.1 Å². The summed E-state index contributed by atoms with van der Waals surface area (Å²) in [4.78, 5) is 26.5. The molecule has 28 heavy (non-hydrogen) atoms. The van der Waals surface area contributed by atoms with Gasteiger partial charge in [-0.25, -0.2) is 0 Å². The zero-order chi connectivity index (χ0) is 19.5. The lowest BCUT2D eigenvalue weighted by molar-refractivity contribution is -0.384. The smallest absolute Gasteiger partial charge is 0.270 e. The van der Waals surface area contributed by atoms with E-state index in [9.17, 15) is 14.9 Å². The summed E-state index contributed by atoms with van der Waals surface area (Å²) in [6.45, 7) is 0.638. The minimum absolute atomic E-state index is 0.0900. The van der Waals surface area contributed by atoms with Crippen molar-refractivity contribution in [1.82, 2.24) is 0 Å². The highest BCUT2D eigenvalue weighted by atomic mass is 32.2. The molecule has 1 aliphatic heterocycles. The maximum Gasteiger partial charge on any atom is 0.270 e. The second-order valence-corrected chi connectivity index (χ2v) is 7.36. The van der Waals surface area contributed by atoms with Crippen LogP contribution >= 0.6 is 11.8 Å². The van der Waals surface area contributed by atoms with E-state index in [1.165, 1.54) is 30.0 Å². The number of anilines is 1. The van der Waals surface area contributed by atoms with Gasteiger partial charge >= 0.3 is 0 Å². The molecule has 1 aliphatic rings. The van der Waals surface area contributed by atoms with E-state index >= 15 is 0 Å². The molecule has 0 bridgehead atoms. The van der Waals surface area contributed by atoms with Gasteiger partial charge in [0.05, 0.1) is 15.6 Å². The Kier molecular flexibility index (Phi) is 4.95. The van der Waals surface area contributed by atoms with Crippen LogP contribution in [0.4, 0.5) is 11.4 Å². The number of nitro benzene ring substituents is 1. The van der Waals surface area contributed by atoms with E-state index in [4.69, 9.17) is 0 Å². The maximum atomic E-state index is 12.8. The topological polar surface area (TPSA) is 63.5 Å². The van der Waals surface area contributed by atoms with Crippen LogP contribution in [0.5, 0.6) is 0 Å². The molecule has 0 fully saturated rings. The Morgan fingerprint density at radius 3 is 2.54 bits per heavy atom. The van der Waals surface area contributed by atoms with E-state index in [1.54, 1.807) is 12.1 Å². The summed E-state index contributed by atoms with van der Waals surface area (Å²) in [6, 6.07) is 23.9. The van der Waals surface area contributed by atoms with Crippen LogP contribution in [0.1, 0.15) is 15.9 Å². The van der Waals surface area contributed by atoms with Gasteiger partial charge in [0.2, 0.25) is 0 Å². The van der Waals surface area contributed by atoms with Gasteiger partial charge in [-0.05, 0) is 17.7 Å². The zero-order valence-electron chi connectivity index (χ0n) is 14.8. The maximum absolute atomic E-state index is 12.8. The Labute approximate surface area is 166 Å². The summed E-state index contributed by atoms with van der Waals surface area (Å²) in [7, 11) is 0. The lowest BCUT2D eigenvalue weighted by atomic mass is 10.1. The number of nitrogens with zero attached hydrogens (tertiary/aromatic N) is 2. The molecule has 138 valence electrons. The van der Waals surface area contributed by atoms with Gasteiger partial charge in [0, 0.05) is 35.2 Å². The Hall–Kier alpha value is -3.38. The Bertz CT molecular complexity index is 1080. The highest BCUT2D eigenvalue weighted by molar-refractivity contribution is 8.03. The summed E-state index contributed by atoms with van der Waals surface area (Å²) >= 11 is 1.53. The number of allylic oxidation sites excluding steroid dienone is 1. The van der Waals surface area contributed by atoms with E-state index in [2.05, 4.69) is 4.90 Å². The van der Waals surface area contributed by atoms with Gasteiger partial charge in [0.25, 0.3) is 5.69 Å². The van der Waals surface area contributed by atoms with Gasteiger partial charge in [-0.1, -0.05) is 66.4 Å². The van der Waals surface area contributed by atoms with E-state index in [1.807, 2.05) is 54.6 Å². The minimum atomic E-state index is -0.494. The first-order chi connectivity index (χ1) is 13.6. The molecule has 0 N–H and O–H groups in total. The Morgan fingerprint density at radius 2 is 1.75 bits per heavy atom. The Morgan fingerprint density at radius 1 is 1.00 bits per heavy atom. The molecule has 1 heterocycles.